The van der Waals surface area contributed by atoms with Crippen molar-refractivity contribution in [1.82, 2.24) is 10.3 Å². The van der Waals surface area contributed by atoms with Crippen LogP contribution >= 0.6 is 0 Å². The van der Waals surface area contributed by atoms with Gasteiger partial charge >= 0.3 is 0 Å². The number of anilines is 1. The second-order valence-electron chi connectivity index (χ2n) is 6.22. The Kier molecular flexibility index (Phi) is 6.52. The molecule has 0 bridgehead atoms. The van der Waals surface area contributed by atoms with Gasteiger partial charge in [0.05, 0.1) is 0 Å². The summed E-state index contributed by atoms with van der Waals surface area (Å²) in [5.41, 5.74) is 2.25. The average Bonchev–Trinajstić information content (AvgIpc) is 2.71. The van der Waals surface area contributed by atoms with Gasteiger partial charge in [-0.3, -0.25) is 4.79 Å². The van der Waals surface area contributed by atoms with Gasteiger partial charge in [0.2, 0.25) is 0 Å². The van der Waals surface area contributed by atoms with E-state index >= 15 is 0 Å². The molecule has 4 nitrogen and oxygen atoms in total. The molecule has 0 atom stereocenters. The Labute approximate surface area is 158 Å². The summed E-state index contributed by atoms with van der Waals surface area (Å²) < 4.78 is 13.6. The van der Waals surface area contributed by atoms with Gasteiger partial charge in [-0.15, -0.1) is 0 Å². The van der Waals surface area contributed by atoms with Gasteiger partial charge in [0.15, 0.2) is 0 Å². The summed E-state index contributed by atoms with van der Waals surface area (Å²) in [5.74, 6) is 0.0721. The number of aromatic nitrogens is 1. The predicted octanol–water partition coefficient (Wildman–Crippen LogP) is 4.20. The number of pyridine rings is 1. The summed E-state index contributed by atoms with van der Waals surface area (Å²) >= 11 is 0. The molecule has 3 aromatic rings. The van der Waals surface area contributed by atoms with Crippen LogP contribution < -0.4 is 10.6 Å². The lowest BCUT2D eigenvalue weighted by atomic mass is 10.1. The van der Waals surface area contributed by atoms with Gasteiger partial charge in [-0.2, -0.15) is 0 Å². The molecule has 0 aliphatic rings. The van der Waals surface area contributed by atoms with Gasteiger partial charge in [0.25, 0.3) is 5.91 Å². The first-order valence-electron chi connectivity index (χ1n) is 8.98. The highest BCUT2D eigenvalue weighted by molar-refractivity contribution is 5.94. The molecule has 1 aromatic heterocycles. The first kappa shape index (κ1) is 18.6. The van der Waals surface area contributed by atoms with Gasteiger partial charge in [-0.1, -0.05) is 48.5 Å². The SMILES string of the molecule is O=C(NCc1ccccc1F)c1ccnc(NCCCc2ccccc2)c1. The molecule has 0 spiro atoms. The number of benzene rings is 2. The van der Waals surface area contributed by atoms with E-state index < -0.39 is 0 Å². The Morgan fingerprint density at radius 2 is 1.78 bits per heavy atom. The third-order valence-electron chi connectivity index (χ3n) is 4.21. The fraction of sp³-hybridized carbons (Fsp3) is 0.182. The molecule has 0 saturated heterocycles. The van der Waals surface area contributed by atoms with Crippen molar-refractivity contribution in [2.45, 2.75) is 19.4 Å². The number of halogens is 1. The topological polar surface area (TPSA) is 54.0 Å². The van der Waals surface area contributed by atoms with Crippen LogP contribution in [0, 0.1) is 5.82 Å². The molecule has 1 heterocycles. The van der Waals surface area contributed by atoms with Crippen molar-refractivity contribution in [1.29, 1.82) is 0 Å². The number of hydrogen-bond acceptors (Lipinski definition) is 3. The van der Waals surface area contributed by atoms with Crippen LogP contribution in [0.5, 0.6) is 0 Å². The minimum Gasteiger partial charge on any atom is -0.370 e. The zero-order valence-corrected chi connectivity index (χ0v) is 15.0. The zero-order chi connectivity index (χ0) is 18.9. The molecule has 0 radical (unpaired) electrons. The molecule has 0 unspecified atom stereocenters. The van der Waals surface area contributed by atoms with Gasteiger partial charge in [0, 0.05) is 30.4 Å². The molecular formula is C22H22FN3O. The first-order valence-corrected chi connectivity index (χ1v) is 8.98. The summed E-state index contributed by atoms with van der Waals surface area (Å²) in [4.78, 5) is 16.6. The van der Waals surface area contributed by atoms with Crippen molar-refractivity contribution in [2.75, 3.05) is 11.9 Å². The van der Waals surface area contributed by atoms with Gasteiger partial charge in [-0.25, -0.2) is 9.37 Å². The lowest BCUT2D eigenvalue weighted by Gasteiger charge is -2.09. The second-order valence-corrected chi connectivity index (χ2v) is 6.22. The highest BCUT2D eigenvalue weighted by atomic mass is 19.1. The number of aryl methyl sites for hydroxylation is 1. The molecular weight excluding hydrogens is 341 g/mol. The van der Waals surface area contributed by atoms with Crippen LogP contribution in [0.1, 0.15) is 27.9 Å². The Hall–Kier alpha value is -3.21. The fourth-order valence-electron chi connectivity index (χ4n) is 2.74. The van der Waals surface area contributed by atoms with Crippen molar-refractivity contribution in [2.24, 2.45) is 0 Å². The fourth-order valence-corrected chi connectivity index (χ4v) is 2.74. The summed E-state index contributed by atoms with van der Waals surface area (Å²) in [7, 11) is 0. The number of amides is 1. The van der Waals surface area contributed by atoms with E-state index in [9.17, 15) is 9.18 Å². The molecule has 27 heavy (non-hydrogen) atoms. The van der Waals surface area contributed by atoms with Crippen molar-refractivity contribution < 1.29 is 9.18 Å². The predicted molar refractivity (Wildman–Crippen MR) is 105 cm³/mol. The molecule has 2 aromatic carbocycles. The normalized spacial score (nSPS) is 10.4. The first-order chi connectivity index (χ1) is 13.2. The van der Waals surface area contributed by atoms with Crippen LogP contribution in [0.25, 0.3) is 0 Å². The summed E-state index contributed by atoms with van der Waals surface area (Å²) in [6, 6.07) is 20.1. The van der Waals surface area contributed by atoms with Crippen LogP contribution in [0.3, 0.4) is 0 Å². The molecule has 1 amide bonds. The largest absolute Gasteiger partial charge is 0.370 e. The van der Waals surface area contributed by atoms with Crippen molar-refractivity contribution in [3.05, 3.63) is 95.4 Å². The maximum Gasteiger partial charge on any atom is 0.251 e. The molecule has 138 valence electrons. The van der Waals surface area contributed by atoms with E-state index in [1.165, 1.54) is 11.6 Å². The number of carbonyl (C=O) groups is 1. The van der Waals surface area contributed by atoms with Crippen LogP contribution in [-0.4, -0.2) is 17.4 Å². The van der Waals surface area contributed by atoms with E-state index in [0.29, 0.717) is 16.9 Å². The lowest BCUT2D eigenvalue weighted by molar-refractivity contribution is 0.0950. The Morgan fingerprint density at radius 3 is 2.59 bits per heavy atom. The number of nitrogens with zero attached hydrogens (tertiary/aromatic N) is 1. The molecule has 5 heteroatoms. The van der Waals surface area contributed by atoms with E-state index in [4.69, 9.17) is 0 Å². The quantitative estimate of drug-likeness (QED) is 0.590. The average molecular weight is 363 g/mol. The summed E-state index contributed by atoms with van der Waals surface area (Å²) in [6.45, 7) is 0.913. The second kappa shape index (κ2) is 9.48. The number of nitrogens with one attached hydrogen (secondary N) is 2. The molecule has 0 aliphatic carbocycles. The number of carbonyl (C=O) groups excluding carboxylic acids is 1. The monoisotopic (exact) mass is 363 g/mol. The van der Waals surface area contributed by atoms with E-state index in [0.717, 1.165) is 19.4 Å². The van der Waals surface area contributed by atoms with E-state index in [-0.39, 0.29) is 18.3 Å². The lowest BCUT2D eigenvalue weighted by Crippen LogP contribution is -2.23. The third kappa shape index (κ3) is 5.64. The van der Waals surface area contributed by atoms with E-state index in [1.54, 1.807) is 36.5 Å². The maximum absolute atomic E-state index is 13.6. The zero-order valence-electron chi connectivity index (χ0n) is 15.0. The van der Waals surface area contributed by atoms with E-state index in [1.807, 2.05) is 18.2 Å². The summed E-state index contributed by atoms with van der Waals surface area (Å²) in [6.07, 6.45) is 3.55. The van der Waals surface area contributed by atoms with Gasteiger partial charge in [-0.05, 0) is 36.6 Å². The standard InChI is InChI=1S/C22H22FN3O/c23-20-11-5-4-10-19(20)16-26-22(27)18-12-14-25-21(15-18)24-13-6-9-17-7-2-1-3-8-17/h1-5,7-8,10-12,14-15H,6,9,13,16H2,(H,24,25)(H,26,27). The molecule has 0 aliphatic heterocycles. The number of hydrogen-bond donors (Lipinski definition) is 2. The Morgan fingerprint density at radius 1 is 1.00 bits per heavy atom. The van der Waals surface area contributed by atoms with Crippen LogP contribution in [-0.2, 0) is 13.0 Å². The summed E-state index contributed by atoms with van der Waals surface area (Å²) in [5, 5.41) is 5.98. The van der Waals surface area contributed by atoms with Gasteiger partial charge in [0.1, 0.15) is 11.6 Å². The van der Waals surface area contributed by atoms with Crippen molar-refractivity contribution in [3.63, 3.8) is 0 Å². The van der Waals surface area contributed by atoms with Crippen LogP contribution in [0.15, 0.2) is 72.9 Å². The van der Waals surface area contributed by atoms with Gasteiger partial charge < -0.3 is 10.6 Å². The van der Waals surface area contributed by atoms with Crippen molar-refractivity contribution >= 4 is 11.7 Å². The molecule has 3 rings (SSSR count). The Bertz CT molecular complexity index is 883. The number of rotatable bonds is 8. The third-order valence-corrected chi connectivity index (χ3v) is 4.21. The maximum atomic E-state index is 13.6. The highest BCUT2D eigenvalue weighted by Crippen LogP contribution is 2.10. The molecule has 0 fully saturated rings. The van der Waals surface area contributed by atoms with Crippen molar-refractivity contribution in [3.8, 4) is 0 Å². The highest BCUT2D eigenvalue weighted by Gasteiger charge is 2.08. The molecule has 2 N–H and O–H groups in total. The Balaban J connectivity index is 1.49. The van der Waals surface area contributed by atoms with Crippen LogP contribution in [0.4, 0.5) is 10.2 Å². The van der Waals surface area contributed by atoms with Crippen LogP contribution in [0.2, 0.25) is 0 Å². The minimum atomic E-state index is -0.326. The minimum absolute atomic E-state index is 0.146. The molecule has 0 saturated carbocycles. The van der Waals surface area contributed by atoms with E-state index in [2.05, 4.69) is 27.8 Å². The smallest absolute Gasteiger partial charge is 0.251 e.